The molecule has 6 nitrogen and oxygen atoms in total. The number of nitrogens with one attached hydrogen (secondary N) is 2. The lowest BCUT2D eigenvalue weighted by Gasteiger charge is -2.13. The fourth-order valence-electron chi connectivity index (χ4n) is 2.47. The van der Waals surface area contributed by atoms with E-state index in [1.54, 1.807) is 50.7 Å². The molecule has 0 saturated carbocycles. The summed E-state index contributed by atoms with van der Waals surface area (Å²) in [7, 11) is 3.14. The van der Waals surface area contributed by atoms with Crippen LogP contribution in [0.25, 0.3) is 0 Å². The average Bonchev–Trinajstić information content (AvgIpc) is 2.68. The van der Waals surface area contributed by atoms with Gasteiger partial charge in [0.05, 0.1) is 37.4 Å². The van der Waals surface area contributed by atoms with E-state index in [1.807, 2.05) is 0 Å². The van der Waals surface area contributed by atoms with Crippen LogP contribution >= 0.6 is 0 Å². The second-order valence-corrected chi connectivity index (χ2v) is 5.62. The molecule has 1 heterocycles. The lowest BCUT2D eigenvalue weighted by Crippen LogP contribution is -2.12. The predicted molar refractivity (Wildman–Crippen MR) is 101 cm³/mol. The van der Waals surface area contributed by atoms with Crippen LogP contribution in [-0.2, 0) is 0 Å². The summed E-state index contributed by atoms with van der Waals surface area (Å²) in [5.41, 5.74) is 1.95. The Balaban J connectivity index is 1.80. The van der Waals surface area contributed by atoms with Crippen LogP contribution < -0.4 is 20.1 Å². The highest BCUT2D eigenvalue weighted by Crippen LogP contribution is 2.31. The van der Waals surface area contributed by atoms with Gasteiger partial charge in [-0.25, -0.2) is 4.39 Å². The predicted octanol–water partition coefficient (Wildman–Crippen LogP) is 4.23. The summed E-state index contributed by atoms with van der Waals surface area (Å²) in [5.74, 6) is 0.456. The highest BCUT2D eigenvalue weighted by molar-refractivity contribution is 6.04. The molecule has 27 heavy (non-hydrogen) atoms. The van der Waals surface area contributed by atoms with Crippen molar-refractivity contribution in [2.75, 3.05) is 24.9 Å². The van der Waals surface area contributed by atoms with E-state index in [-0.39, 0.29) is 0 Å². The average molecular weight is 367 g/mol. The van der Waals surface area contributed by atoms with Crippen molar-refractivity contribution < 1.29 is 18.7 Å². The minimum atomic E-state index is -0.425. The lowest BCUT2D eigenvalue weighted by molar-refractivity contribution is 0.102. The number of carbonyl (C=O) groups excluding carboxylic acids is 1. The first-order valence-corrected chi connectivity index (χ1v) is 8.10. The molecule has 0 aliphatic rings. The van der Waals surface area contributed by atoms with Crippen molar-refractivity contribution in [1.82, 2.24) is 4.98 Å². The molecule has 2 N–H and O–H groups in total. The molecule has 7 heteroatoms. The summed E-state index contributed by atoms with van der Waals surface area (Å²) in [5, 5.41) is 5.80. The van der Waals surface area contributed by atoms with Crippen LogP contribution in [0.4, 0.5) is 21.5 Å². The molecule has 2 aromatic carbocycles. The highest BCUT2D eigenvalue weighted by Gasteiger charge is 2.10. The molecule has 0 fully saturated rings. The topological polar surface area (TPSA) is 72.5 Å². The zero-order chi connectivity index (χ0) is 19.2. The first kappa shape index (κ1) is 18.2. The number of rotatable bonds is 6. The van der Waals surface area contributed by atoms with Gasteiger partial charge >= 0.3 is 0 Å². The third kappa shape index (κ3) is 4.52. The number of ether oxygens (including phenoxy) is 2. The maximum Gasteiger partial charge on any atom is 0.257 e. The van der Waals surface area contributed by atoms with Gasteiger partial charge < -0.3 is 20.1 Å². The Morgan fingerprint density at radius 2 is 1.85 bits per heavy atom. The van der Waals surface area contributed by atoms with Gasteiger partial charge in [-0.05, 0) is 36.4 Å². The van der Waals surface area contributed by atoms with Crippen LogP contribution in [-0.4, -0.2) is 25.1 Å². The number of pyridine rings is 1. The van der Waals surface area contributed by atoms with E-state index < -0.39 is 11.7 Å². The van der Waals surface area contributed by atoms with Gasteiger partial charge in [0, 0.05) is 18.0 Å². The van der Waals surface area contributed by atoms with Crippen molar-refractivity contribution in [2.24, 2.45) is 0 Å². The summed E-state index contributed by atoms with van der Waals surface area (Å²) >= 11 is 0. The van der Waals surface area contributed by atoms with Gasteiger partial charge in [-0.1, -0.05) is 6.07 Å². The molecule has 1 aromatic heterocycles. The fourth-order valence-corrected chi connectivity index (χ4v) is 2.47. The second kappa shape index (κ2) is 8.18. The molecule has 138 valence electrons. The monoisotopic (exact) mass is 367 g/mol. The Morgan fingerprint density at radius 1 is 1.00 bits per heavy atom. The van der Waals surface area contributed by atoms with E-state index >= 15 is 0 Å². The Kier molecular flexibility index (Phi) is 5.51. The second-order valence-electron chi connectivity index (χ2n) is 5.62. The van der Waals surface area contributed by atoms with Crippen molar-refractivity contribution in [1.29, 1.82) is 0 Å². The van der Waals surface area contributed by atoms with Crippen molar-refractivity contribution in [3.8, 4) is 11.5 Å². The summed E-state index contributed by atoms with van der Waals surface area (Å²) in [6.07, 6.45) is 3.01. The minimum Gasteiger partial charge on any atom is -0.497 e. The number of halogens is 1. The molecular formula is C20H18FN3O3. The number of nitrogens with zero attached hydrogens (tertiary/aromatic N) is 1. The van der Waals surface area contributed by atoms with E-state index in [4.69, 9.17) is 9.47 Å². The molecule has 0 radical (unpaired) electrons. The van der Waals surface area contributed by atoms with Gasteiger partial charge in [-0.15, -0.1) is 0 Å². The zero-order valence-corrected chi connectivity index (χ0v) is 14.8. The lowest BCUT2D eigenvalue weighted by atomic mass is 10.2. The standard InChI is InChI=1S/C20H18FN3O3/c1-26-17-6-7-19(27-2)18(10-17)23-16-8-13(11-22-12-16)20(25)24-15-5-3-4-14(21)9-15/h3-12,23H,1-2H3,(H,24,25). The molecule has 0 bridgehead atoms. The van der Waals surface area contributed by atoms with Crippen LogP contribution in [0.5, 0.6) is 11.5 Å². The van der Waals surface area contributed by atoms with Crippen LogP contribution in [0.1, 0.15) is 10.4 Å². The molecule has 0 aliphatic heterocycles. The molecule has 0 unspecified atom stereocenters. The van der Waals surface area contributed by atoms with Crippen molar-refractivity contribution in [3.63, 3.8) is 0 Å². The van der Waals surface area contributed by atoms with Crippen molar-refractivity contribution >= 4 is 23.0 Å². The third-order valence-corrected chi connectivity index (χ3v) is 3.77. The minimum absolute atomic E-state index is 0.325. The van der Waals surface area contributed by atoms with Gasteiger partial charge in [0.1, 0.15) is 17.3 Å². The Labute approximate surface area is 156 Å². The quantitative estimate of drug-likeness (QED) is 0.682. The Morgan fingerprint density at radius 3 is 2.59 bits per heavy atom. The van der Waals surface area contributed by atoms with E-state index in [0.717, 1.165) is 0 Å². The summed E-state index contributed by atoms with van der Waals surface area (Å²) in [6, 6.07) is 12.7. The van der Waals surface area contributed by atoms with Gasteiger partial charge in [-0.3, -0.25) is 9.78 Å². The summed E-state index contributed by atoms with van der Waals surface area (Å²) in [6.45, 7) is 0. The van der Waals surface area contributed by atoms with E-state index in [0.29, 0.717) is 34.1 Å². The maximum absolute atomic E-state index is 13.3. The number of hydrogen-bond acceptors (Lipinski definition) is 5. The number of amides is 1. The first-order chi connectivity index (χ1) is 13.1. The summed E-state index contributed by atoms with van der Waals surface area (Å²) in [4.78, 5) is 16.5. The largest absolute Gasteiger partial charge is 0.497 e. The van der Waals surface area contributed by atoms with Crippen LogP contribution in [0.2, 0.25) is 0 Å². The van der Waals surface area contributed by atoms with Crippen LogP contribution in [0.15, 0.2) is 60.9 Å². The highest BCUT2D eigenvalue weighted by atomic mass is 19.1. The zero-order valence-electron chi connectivity index (χ0n) is 14.8. The molecular weight excluding hydrogens is 349 g/mol. The van der Waals surface area contributed by atoms with Gasteiger partial charge in [0.25, 0.3) is 5.91 Å². The number of benzene rings is 2. The number of anilines is 3. The van der Waals surface area contributed by atoms with Crippen molar-refractivity contribution in [2.45, 2.75) is 0 Å². The Hall–Kier alpha value is -3.61. The number of hydrogen-bond donors (Lipinski definition) is 2. The smallest absolute Gasteiger partial charge is 0.257 e. The normalized spacial score (nSPS) is 10.2. The number of aromatic nitrogens is 1. The van der Waals surface area contributed by atoms with Crippen LogP contribution in [0, 0.1) is 5.82 Å². The molecule has 0 spiro atoms. The maximum atomic E-state index is 13.3. The molecule has 1 amide bonds. The first-order valence-electron chi connectivity index (χ1n) is 8.10. The molecule has 3 aromatic rings. The van der Waals surface area contributed by atoms with Crippen LogP contribution in [0.3, 0.4) is 0 Å². The molecule has 3 rings (SSSR count). The number of methoxy groups -OCH3 is 2. The fraction of sp³-hybridized carbons (Fsp3) is 0.100. The van der Waals surface area contributed by atoms with E-state index in [2.05, 4.69) is 15.6 Å². The molecule has 0 aliphatic carbocycles. The summed E-state index contributed by atoms with van der Waals surface area (Å²) < 4.78 is 23.8. The van der Waals surface area contributed by atoms with E-state index in [1.165, 1.54) is 24.4 Å². The van der Waals surface area contributed by atoms with E-state index in [9.17, 15) is 9.18 Å². The molecule has 0 saturated heterocycles. The Bertz CT molecular complexity index is 963. The van der Waals surface area contributed by atoms with Gasteiger partial charge in [-0.2, -0.15) is 0 Å². The van der Waals surface area contributed by atoms with Gasteiger partial charge in [0.2, 0.25) is 0 Å². The van der Waals surface area contributed by atoms with Crippen molar-refractivity contribution in [3.05, 3.63) is 72.3 Å². The van der Waals surface area contributed by atoms with Gasteiger partial charge in [0.15, 0.2) is 0 Å². The number of carbonyl (C=O) groups is 1. The molecule has 0 atom stereocenters. The SMILES string of the molecule is COc1ccc(OC)c(Nc2cncc(C(=O)Nc3cccc(F)c3)c2)c1. The third-order valence-electron chi connectivity index (χ3n) is 3.77.